The van der Waals surface area contributed by atoms with Crippen LogP contribution in [0.25, 0.3) is 0 Å². The average molecular weight is 268 g/mol. The lowest BCUT2D eigenvalue weighted by Gasteiger charge is -2.36. The van der Waals surface area contributed by atoms with Gasteiger partial charge in [0.1, 0.15) is 0 Å². The third-order valence-corrected chi connectivity index (χ3v) is 3.44. The second kappa shape index (κ2) is 5.04. The summed E-state index contributed by atoms with van der Waals surface area (Å²) in [5, 5.41) is 2.33. The minimum Gasteiger partial charge on any atom is -0.326 e. The highest BCUT2D eigenvalue weighted by atomic mass is 16.2. The zero-order chi connectivity index (χ0) is 14.2. The number of hydrazine groups is 1. The summed E-state index contributed by atoms with van der Waals surface area (Å²) in [7, 11) is 1.61. The summed E-state index contributed by atoms with van der Waals surface area (Å²) in [4.78, 5) is 31.1. The van der Waals surface area contributed by atoms with Crippen molar-refractivity contribution in [1.82, 2.24) is 20.5 Å². The fourth-order valence-corrected chi connectivity index (χ4v) is 2.29. The Hall–Kier alpha value is -1.83. The summed E-state index contributed by atoms with van der Waals surface area (Å²) < 4.78 is 0. The highest BCUT2D eigenvalue weighted by molar-refractivity contribution is 6.03. The van der Waals surface area contributed by atoms with Gasteiger partial charge in [0.15, 0.2) is 12.2 Å². The largest absolute Gasteiger partial charge is 0.326 e. The quantitative estimate of drug-likeness (QED) is 0.452. The third kappa shape index (κ3) is 2.35. The summed E-state index contributed by atoms with van der Waals surface area (Å²) in [6.45, 7) is 4.88. The van der Waals surface area contributed by atoms with Crippen LogP contribution in [0.3, 0.4) is 0 Å². The number of hydrogen-bond donors (Lipinski definition) is 3. The van der Waals surface area contributed by atoms with Crippen LogP contribution in [-0.2, 0) is 4.79 Å². The number of urea groups is 1. The number of nitrogens with two attached hydrogens (primary N) is 1. The van der Waals surface area contributed by atoms with E-state index in [0.29, 0.717) is 18.4 Å². The van der Waals surface area contributed by atoms with Crippen molar-refractivity contribution < 1.29 is 9.59 Å². The van der Waals surface area contributed by atoms with Crippen molar-refractivity contribution in [3.05, 3.63) is 0 Å². The molecule has 0 radical (unpaired) electrons. The van der Waals surface area contributed by atoms with Gasteiger partial charge < -0.3 is 9.80 Å². The lowest BCUT2D eigenvalue weighted by Crippen LogP contribution is -2.64. The minimum atomic E-state index is -0.514. The van der Waals surface area contributed by atoms with E-state index < -0.39 is 18.2 Å². The maximum absolute atomic E-state index is 12.0. The van der Waals surface area contributed by atoms with E-state index in [9.17, 15) is 9.59 Å². The molecule has 0 aromatic heterocycles. The van der Waals surface area contributed by atoms with E-state index in [2.05, 4.69) is 29.6 Å². The lowest BCUT2D eigenvalue weighted by atomic mass is 10.1. The number of nitrogens with one attached hydrogen (secondary N) is 2. The number of imide groups is 1. The molecule has 2 unspecified atom stereocenters. The van der Waals surface area contributed by atoms with Crippen LogP contribution in [-0.4, -0.2) is 53.5 Å². The van der Waals surface area contributed by atoms with Gasteiger partial charge in [0, 0.05) is 13.6 Å². The molecule has 0 spiro atoms. The number of likely N-dealkylation sites (N-methyl/N-ethyl adjacent to an activating group) is 1. The Morgan fingerprint density at radius 3 is 2.74 bits per heavy atom. The maximum Gasteiger partial charge on any atom is 0.325 e. The summed E-state index contributed by atoms with van der Waals surface area (Å²) in [5.41, 5.74) is 2.51. The molecule has 8 heteroatoms. The van der Waals surface area contributed by atoms with Crippen LogP contribution in [0.4, 0.5) is 4.79 Å². The third-order valence-electron chi connectivity index (χ3n) is 3.44. The molecule has 0 bridgehead atoms. The first kappa shape index (κ1) is 13.6. The molecule has 2 aliphatic heterocycles. The maximum atomic E-state index is 12.0. The van der Waals surface area contributed by atoms with Gasteiger partial charge in [-0.2, -0.15) is 0 Å². The first-order chi connectivity index (χ1) is 8.95. The van der Waals surface area contributed by atoms with Crippen molar-refractivity contribution in [2.75, 3.05) is 13.6 Å². The fraction of sp³-hybridized carbons (Fsp3) is 0.727. The Morgan fingerprint density at radius 2 is 2.16 bits per heavy atom. The average Bonchev–Trinajstić information content (AvgIpc) is 2.72. The van der Waals surface area contributed by atoms with E-state index in [1.54, 1.807) is 7.05 Å². The predicted molar refractivity (Wildman–Crippen MR) is 69.8 cm³/mol. The Balaban J connectivity index is 2.21. The van der Waals surface area contributed by atoms with E-state index >= 15 is 0 Å². The molecule has 2 aliphatic rings. The van der Waals surface area contributed by atoms with Crippen LogP contribution in [0.15, 0.2) is 4.99 Å². The number of carbonyl (C=O) groups excluding carboxylic acids is 2. The molecule has 8 nitrogen and oxygen atoms in total. The number of nitrogens with zero attached hydrogens (tertiary/aromatic N) is 3. The molecule has 0 saturated carbocycles. The van der Waals surface area contributed by atoms with Gasteiger partial charge in [-0.05, 0) is 12.3 Å². The summed E-state index contributed by atoms with van der Waals surface area (Å²) in [5.74, 6) is 6.08. The van der Waals surface area contributed by atoms with Gasteiger partial charge >= 0.3 is 6.03 Å². The van der Waals surface area contributed by atoms with Gasteiger partial charge in [0.2, 0.25) is 5.96 Å². The van der Waals surface area contributed by atoms with Crippen LogP contribution < -0.4 is 16.6 Å². The Bertz CT molecular complexity index is 421. The number of rotatable bonds is 3. The van der Waals surface area contributed by atoms with Gasteiger partial charge in [0.25, 0.3) is 5.91 Å². The van der Waals surface area contributed by atoms with Crippen LogP contribution >= 0.6 is 0 Å². The van der Waals surface area contributed by atoms with Crippen molar-refractivity contribution in [3.63, 3.8) is 0 Å². The van der Waals surface area contributed by atoms with Gasteiger partial charge in [-0.3, -0.25) is 15.5 Å². The zero-order valence-electron chi connectivity index (χ0n) is 11.4. The van der Waals surface area contributed by atoms with Gasteiger partial charge in [-0.15, -0.1) is 0 Å². The number of amides is 3. The molecular weight excluding hydrogens is 248 g/mol. The molecule has 3 amide bonds. The molecule has 4 N–H and O–H groups in total. The summed E-state index contributed by atoms with van der Waals surface area (Å²) >= 11 is 0. The van der Waals surface area contributed by atoms with Crippen molar-refractivity contribution in [3.8, 4) is 0 Å². The van der Waals surface area contributed by atoms with Gasteiger partial charge in [0.05, 0.1) is 0 Å². The van der Waals surface area contributed by atoms with Crippen molar-refractivity contribution in [2.45, 2.75) is 32.5 Å². The number of carbonyl (C=O) groups is 2. The first-order valence-corrected chi connectivity index (χ1v) is 6.34. The topological polar surface area (TPSA) is 103 Å². The number of guanidine groups is 1. The molecule has 2 rings (SSSR count). The second-order valence-corrected chi connectivity index (χ2v) is 5.24. The van der Waals surface area contributed by atoms with E-state index in [1.807, 2.05) is 4.90 Å². The Kier molecular flexibility index (Phi) is 3.61. The molecule has 19 heavy (non-hydrogen) atoms. The van der Waals surface area contributed by atoms with Crippen LogP contribution in [0.2, 0.25) is 0 Å². The Morgan fingerprint density at radius 1 is 1.47 bits per heavy atom. The van der Waals surface area contributed by atoms with Crippen LogP contribution in [0, 0.1) is 5.92 Å². The molecule has 0 aromatic carbocycles. The highest BCUT2D eigenvalue weighted by Gasteiger charge is 2.48. The predicted octanol–water partition coefficient (Wildman–Crippen LogP) is -0.956. The normalized spacial score (nSPS) is 26.5. The molecule has 0 aliphatic carbocycles. The zero-order valence-corrected chi connectivity index (χ0v) is 11.4. The van der Waals surface area contributed by atoms with E-state index in [-0.39, 0.29) is 5.91 Å². The van der Waals surface area contributed by atoms with Gasteiger partial charge in [-0.25, -0.2) is 15.6 Å². The molecule has 1 saturated heterocycles. The number of aliphatic imine (C=N–C) groups is 1. The number of hydrogen-bond acceptors (Lipinski definition) is 6. The monoisotopic (exact) mass is 268 g/mol. The summed E-state index contributed by atoms with van der Waals surface area (Å²) in [6, 6.07) is -0.940. The Labute approximate surface area is 112 Å². The van der Waals surface area contributed by atoms with E-state index in [0.717, 1.165) is 6.42 Å². The SMILES string of the molecule is CC(C)CCN1C(NN)=NC2C1C(=O)NC(=O)N2C. The van der Waals surface area contributed by atoms with Crippen LogP contribution in [0.5, 0.6) is 0 Å². The molecule has 1 fully saturated rings. The van der Waals surface area contributed by atoms with E-state index in [1.165, 1.54) is 4.90 Å². The molecule has 106 valence electrons. The molecular formula is C11H20N6O2. The van der Waals surface area contributed by atoms with Crippen molar-refractivity contribution in [2.24, 2.45) is 16.8 Å². The van der Waals surface area contributed by atoms with Gasteiger partial charge in [-0.1, -0.05) is 13.8 Å². The first-order valence-electron chi connectivity index (χ1n) is 6.34. The minimum absolute atomic E-state index is 0.328. The van der Waals surface area contributed by atoms with Crippen LogP contribution in [0.1, 0.15) is 20.3 Å². The standard InChI is InChI=1S/C11H20N6O2/c1-6(2)4-5-17-7-8(13-10(17)15-12)16(3)11(19)14-9(7)18/h6-8H,4-5,12H2,1-3H3,(H,13,15)(H,14,18,19). The number of fused-ring (bicyclic) bond motifs is 1. The summed E-state index contributed by atoms with van der Waals surface area (Å²) in [6.07, 6.45) is 0.397. The van der Waals surface area contributed by atoms with Crippen molar-refractivity contribution in [1.29, 1.82) is 0 Å². The second-order valence-electron chi connectivity index (χ2n) is 5.24. The molecule has 2 atom stereocenters. The molecule has 0 aromatic rings. The lowest BCUT2D eigenvalue weighted by molar-refractivity contribution is -0.127. The highest BCUT2D eigenvalue weighted by Crippen LogP contribution is 2.23. The van der Waals surface area contributed by atoms with E-state index in [4.69, 9.17) is 5.84 Å². The smallest absolute Gasteiger partial charge is 0.325 e. The fourth-order valence-electron chi connectivity index (χ4n) is 2.29. The molecule has 2 heterocycles. The van der Waals surface area contributed by atoms with Crippen molar-refractivity contribution >= 4 is 17.9 Å².